The summed E-state index contributed by atoms with van der Waals surface area (Å²) in [4.78, 5) is 21.4. The Hall–Kier alpha value is -4.00. The molecule has 136 valence electrons. The number of hydrogen-bond acceptors (Lipinski definition) is 6. The van der Waals surface area contributed by atoms with E-state index in [0.717, 1.165) is 0 Å². The van der Waals surface area contributed by atoms with Crippen LogP contribution < -0.4 is 14.2 Å². The summed E-state index contributed by atoms with van der Waals surface area (Å²) >= 11 is 0. The molecule has 0 aliphatic carbocycles. The van der Waals surface area contributed by atoms with E-state index in [1.807, 2.05) is 18.2 Å². The molecule has 1 aliphatic heterocycles. The second-order valence-corrected chi connectivity index (χ2v) is 6.00. The van der Waals surface area contributed by atoms with Crippen molar-refractivity contribution in [3.63, 3.8) is 0 Å². The zero-order valence-corrected chi connectivity index (χ0v) is 14.3. The number of para-hydroxylation sites is 3. The van der Waals surface area contributed by atoms with Crippen molar-refractivity contribution in [3.05, 3.63) is 78.1 Å². The lowest BCUT2D eigenvalue weighted by molar-refractivity contribution is 0.0730. The summed E-state index contributed by atoms with van der Waals surface area (Å²) in [7, 11) is 0. The van der Waals surface area contributed by atoms with Gasteiger partial charge >= 0.3 is 5.97 Å². The van der Waals surface area contributed by atoms with Crippen molar-refractivity contribution >= 4 is 17.0 Å². The summed E-state index contributed by atoms with van der Waals surface area (Å²) < 4.78 is 30.0. The summed E-state index contributed by atoms with van der Waals surface area (Å²) in [5.74, 6) is 0.0213. The predicted molar refractivity (Wildman–Crippen MR) is 97.5 cm³/mol. The highest BCUT2D eigenvalue weighted by Gasteiger charge is 2.28. The van der Waals surface area contributed by atoms with E-state index >= 15 is 0 Å². The van der Waals surface area contributed by atoms with E-state index in [0.29, 0.717) is 16.8 Å². The number of benzene rings is 3. The lowest BCUT2D eigenvalue weighted by atomic mass is 10.1. The minimum absolute atomic E-state index is 0.155. The molecule has 0 fully saturated rings. The predicted octanol–water partition coefficient (Wildman–Crippen LogP) is 4.89. The quantitative estimate of drug-likeness (QED) is 0.324. The van der Waals surface area contributed by atoms with Crippen LogP contribution in [0.5, 0.6) is 29.0 Å². The Kier molecular flexibility index (Phi) is 3.65. The number of rotatable bonds is 2. The number of hydrogen-bond donors (Lipinski definition) is 0. The first-order chi connectivity index (χ1) is 13.7. The number of ether oxygens (including phenoxy) is 3. The van der Waals surface area contributed by atoms with Gasteiger partial charge in [-0.3, -0.25) is 0 Å². The Morgan fingerprint density at radius 3 is 2.21 bits per heavy atom. The molecule has 3 aromatic carbocycles. The molecule has 7 heteroatoms. The Bertz CT molecular complexity index is 1220. The van der Waals surface area contributed by atoms with E-state index in [4.69, 9.17) is 14.2 Å². The van der Waals surface area contributed by atoms with Gasteiger partial charge in [-0.1, -0.05) is 18.2 Å². The monoisotopic (exact) mass is 374 g/mol. The maximum Gasteiger partial charge on any atom is 0.347 e. The number of carbonyl (C=O) groups is 1. The minimum Gasteiger partial charge on any atom is -0.431 e. The third-order valence-electron chi connectivity index (χ3n) is 4.14. The van der Waals surface area contributed by atoms with Gasteiger partial charge in [-0.05, 0) is 48.5 Å². The van der Waals surface area contributed by atoms with Crippen LogP contribution in [0.25, 0.3) is 11.0 Å². The Balaban J connectivity index is 1.50. The van der Waals surface area contributed by atoms with Crippen molar-refractivity contribution in [2.45, 2.75) is 0 Å². The van der Waals surface area contributed by atoms with Gasteiger partial charge in [0, 0.05) is 0 Å². The average Bonchev–Trinajstić information content (AvgIpc) is 2.72. The van der Waals surface area contributed by atoms with Crippen molar-refractivity contribution in [1.29, 1.82) is 0 Å². The van der Waals surface area contributed by atoms with Crippen LogP contribution in [0.2, 0.25) is 0 Å². The van der Waals surface area contributed by atoms with Crippen molar-refractivity contribution in [1.82, 2.24) is 9.97 Å². The molecule has 2 heterocycles. The van der Waals surface area contributed by atoms with E-state index in [9.17, 15) is 9.18 Å². The number of aromatic nitrogens is 2. The fourth-order valence-corrected chi connectivity index (χ4v) is 2.83. The van der Waals surface area contributed by atoms with Gasteiger partial charge in [0.05, 0.1) is 11.0 Å². The van der Waals surface area contributed by atoms with Crippen LogP contribution in [0.3, 0.4) is 0 Å². The SMILES string of the molecule is O=C(Oc1ccc(F)cc1)c1cccc2c1Oc1nc3ccccc3nc1O2. The topological polar surface area (TPSA) is 70.5 Å². The summed E-state index contributed by atoms with van der Waals surface area (Å²) in [6.45, 7) is 0. The van der Waals surface area contributed by atoms with E-state index in [1.54, 1.807) is 24.3 Å². The van der Waals surface area contributed by atoms with E-state index in [2.05, 4.69) is 9.97 Å². The average molecular weight is 374 g/mol. The molecule has 0 saturated carbocycles. The van der Waals surface area contributed by atoms with Gasteiger partial charge in [0.15, 0.2) is 11.5 Å². The Labute approximate surface area is 158 Å². The fraction of sp³-hybridized carbons (Fsp3) is 0. The minimum atomic E-state index is -0.663. The first-order valence-corrected chi connectivity index (χ1v) is 8.41. The molecule has 6 nitrogen and oxygen atoms in total. The number of carbonyl (C=O) groups excluding carboxylic acids is 1. The Morgan fingerprint density at radius 1 is 0.821 bits per heavy atom. The number of halogens is 1. The molecule has 1 aromatic heterocycles. The van der Waals surface area contributed by atoms with Crippen LogP contribution in [0.4, 0.5) is 4.39 Å². The molecule has 4 aromatic rings. The third kappa shape index (κ3) is 2.79. The van der Waals surface area contributed by atoms with Crippen LogP contribution in [0, 0.1) is 5.82 Å². The summed E-state index contributed by atoms with van der Waals surface area (Å²) in [5, 5.41) is 0. The first kappa shape index (κ1) is 16.2. The molecule has 0 atom stereocenters. The largest absolute Gasteiger partial charge is 0.431 e. The van der Waals surface area contributed by atoms with Crippen molar-refractivity contribution < 1.29 is 23.4 Å². The molecular weight excluding hydrogens is 363 g/mol. The Morgan fingerprint density at radius 2 is 1.50 bits per heavy atom. The van der Waals surface area contributed by atoms with Crippen LogP contribution in [-0.2, 0) is 0 Å². The summed E-state index contributed by atoms with van der Waals surface area (Å²) in [6.07, 6.45) is 0. The normalized spacial score (nSPS) is 11.8. The standard InChI is InChI=1S/C21H11FN2O4/c22-12-8-10-13(11-9-12)26-21(25)14-4-3-7-17-18(14)28-20-19(27-17)23-15-5-1-2-6-16(15)24-20/h1-11H. The molecule has 0 amide bonds. The van der Waals surface area contributed by atoms with Gasteiger partial charge in [0.25, 0.3) is 11.8 Å². The van der Waals surface area contributed by atoms with Gasteiger partial charge in [0.1, 0.15) is 17.1 Å². The lowest BCUT2D eigenvalue weighted by Gasteiger charge is -2.20. The maximum absolute atomic E-state index is 13.0. The van der Waals surface area contributed by atoms with Crippen LogP contribution >= 0.6 is 0 Å². The van der Waals surface area contributed by atoms with Gasteiger partial charge in [-0.15, -0.1) is 0 Å². The van der Waals surface area contributed by atoms with Gasteiger partial charge < -0.3 is 14.2 Å². The summed E-state index contributed by atoms with van der Waals surface area (Å²) in [5.41, 5.74) is 1.46. The van der Waals surface area contributed by atoms with Crippen LogP contribution in [0.15, 0.2) is 66.7 Å². The molecule has 1 aliphatic rings. The maximum atomic E-state index is 13.0. The molecule has 5 rings (SSSR count). The van der Waals surface area contributed by atoms with Crippen LogP contribution in [-0.4, -0.2) is 15.9 Å². The van der Waals surface area contributed by atoms with Crippen LogP contribution in [0.1, 0.15) is 10.4 Å². The second kappa shape index (κ2) is 6.31. The molecule has 0 unspecified atom stereocenters. The molecular formula is C21H11FN2O4. The van der Waals surface area contributed by atoms with E-state index in [-0.39, 0.29) is 28.8 Å². The number of esters is 1. The zero-order chi connectivity index (χ0) is 19.1. The highest BCUT2D eigenvalue weighted by molar-refractivity contribution is 5.95. The molecule has 0 saturated heterocycles. The fourth-order valence-electron chi connectivity index (χ4n) is 2.83. The van der Waals surface area contributed by atoms with Gasteiger partial charge in [-0.25, -0.2) is 19.2 Å². The van der Waals surface area contributed by atoms with Crippen molar-refractivity contribution in [2.24, 2.45) is 0 Å². The molecule has 0 bridgehead atoms. The van der Waals surface area contributed by atoms with E-state index < -0.39 is 11.8 Å². The summed E-state index contributed by atoms with van der Waals surface area (Å²) in [6, 6.07) is 17.3. The lowest BCUT2D eigenvalue weighted by Crippen LogP contribution is -2.12. The molecule has 0 spiro atoms. The second-order valence-electron chi connectivity index (χ2n) is 6.00. The third-order valence-corrected chi connectivity index (χ3v) is 4.14. The van der Waals surface area contributed by atoms with Crippen molar-refractivity contribution in [2.75, 3.05) is 0 Å². The highest BCUT2D eigenvalue weighted by atomic mass is 19.1. The number of nitrogens with zero attached hydrogens (tertiary/aromatic N) is 2. The zero-order valence-electron chi connectivity index (χ0n) is 14.3. The van der Waals surface area contributed by atoms with E-state index in [1.165, 1.54) is 24.3 Å². The number of fused-ring (bicyclic) bond motifs is 3. The van der Waals surface area contributed by atoms with Gasteiger partial charge in [0.2, 0.25) is 0 Å². The first-order valence-electron chi connectivity index (χ1n) is 8.41. The highest BCUT2D eigenvalue weighted by Crippen LogP contribution is 2.45. The smallest absolute Gasteiger partial charge is 0.347 e. The van der Waals surface area contributed by atoms with Crippen molar-refractivity contribution in [3.8, 4) is 29.0 Å². The molecule has 0 N–H and O–H groups in total. The van der Waals surface area contributed by atoms with Gasteiger partial charge in [-0.2, -0.15) is 0 Å². The molecule has 0 radical (unpaired) electrons. The molecule has 28 heavy (non-hydrogen) atoms.